The molecule has 0 aliphatic rings. The first kappa shape index (κ1) is 12.3. The molecule has 1 N–H and O–H groups in total. The Hall–Kier alpha value is -1.21. The molecule has 0 atom stereocenters. The third-order valence-electron chi connectivity index (χ3n) is 2.06. The Bertz CT molecular complexity index is 523. The number of hydrogen-bond acceptors (Lipinski definition) is 5. The van der Waals surface area contributed by atoms with Gasteiger partial charge in [0.25, 0.3) is 5.89 Å². The molecule has 0 radical (unpaired) electrons. The lowest BCUT2D eigenvalue weighted by atomic mass is 10.2. The molecule has 0 spiro atoms. The lowest BCUT2D eigenvalue weighted by Gasteiger charge is -1.92. The molecule has 0 bridgehead atoms. The quantitative estimate of drug-likeness (QED) is 0.917. The minimum atomic E-state index is -0.814. The first-order chi connectivity index (χ1) is 8.16. The van der Waals surface area contributed by atoms with E-state index in [2.05, 4.69) is 26.1 Å². The van der Waals surface area contributed by atoms with Crippen LogP contribution < -0.4 is 0 Å². The minimum Gasteiger partial charge on any atom is -0.481 e. The summed E-state index contributed by atoms with van der Waals surface area (Å²) in [6.45, 7) is 0. The standard InChI is InChI=1S/C10H9BrN2O3S/c11-6-4-5-17-9(6)10-13-12-7(16-10)2-1-3-8(14)15/h4-5H,1-3H2,(H,14,15). The summed E-state index contributed by atoms with van der Waals surface area (Å²) in [5.41, 5.74) is 0. The van der Waals surface area contributed by atoms with Gasteiger partial charge in [-0.15, -0.1) is 21.5 Å². The Morgan fingerprint density at radius 1 is 1.53 bits per heavy atom. The van der Waals surface area contributed by atoms with Crippen molar-refractivity contribution in [3.05, 3.63) is 21.8 Å². The van der Waals surface area contributed by atoms with Crippen molar-refractivity contribution in [3.63, 3.8) is 0 Å². The summed E-state index contributed by atoms with van der Waals surface area (Å²) in [6.07, 6.45) is 1.10. The number of nitrogens with zero attached hydrogens (tertiary/aromatic N) is 2. The fourth-order valence-corrected chi connectivity index (χ4v) is 2.74. The molecule has 2 heterocycles. The number of aliphatic carboxylic acids is 1. The van der Waals surface area contributed by atoms with Crippen molar-refractivity contribution in [2.24, 2.45) is 0 Å². The maximum Gasteiger partial charge on any atom is 0.303 e. The molecule has 7 heteroatoms. The van der Waals surface area contributed by atoms with Gasteiger partial charge in [0, 0.05) is 17.3 Å². The molecule has 2 aromatic rings. The lowest BCUT2D eigenvalue weighted by Crippen LogP contribution is -1.95. The summed E-state index contributed by atoms with van der Waals surface area (Å²) >= 11 is 4.90. The second-order valence-corrected chi connectivity index (χ2v) is 5.12. The van der Waals surface area contributed by atoms with Gasteiger partial charge in [-0.05, 0) is 33.8 Å². The number of aromatic nitrogens is 2. The molecule has 0 amide bonds. The molecule has 0 unspecified atom stereocenters. The highest BCUT2D eigenvalue weighted by atomic mass is 79.9. The van der Waals surface area contributed by atoms with Crippen LogP contribution in [0.1, 0.15) is 18.7 Å². The van der Waals surface area contributed by atoms with Crippen LogP contribution in [0.15, 0.2) is 20.3 Å². The third-order valence-corrected chi connectivity index (χ3v) is 3.89. The number of carboxylic acids is 1. The molecular weight excluding hydrogens is 308 g/mol. The van der Waals surface area contributed by atoms with Crippen LogP contribution in [0.2, 0.25) is 0 Å². The van der Waals surface area contributed by atoms with Crippen molar-refractivity contribution < 1.29 is 14.3 Å². The topological polar surface area (TPSA) is 76.2 Å². The second-order valence-electron chi connectivity index (χ2n) is 3.35. The van der Waals surface area contributed by atoms with Crippen LogP contribution in [0.3, 0.4) is 0 Å². The Morgan fingerprint density at radius 2 is 2.35 bits per heavy atom. The van der Waals surface area contributed by atoms with Gasteiger partial charge in [-0.3, -0.25) is 4.79 Å². The third kappa shape index (κ3) is 3.13. The zero-order valence-electron chi connectivity index (χ0n) is 8.72. The predicted molar refractivity (Wildman–Crippen MR) is 65.9 cm³/mol. The first-order valence-corrected chi connectivity index (χ1v) is 6.61. The Labute approximate surface area is 110 Å². The average molecular weight is 317 g/mol. The van der Waals surface area contributed by atoms with E-state index in [1.165, 1.54) is 11.3 Å². The summed E-state index contributed by atoms with van der Waals surface area (Å²) in [6, 6.07) is 1.91. The number of aryl methyl sites for hydroxylation is 1. The molecule has 90 valence electrons. The molecule has 0 saturated carbocycles. The molecular formula is C10H9BrN2O3S. The van der Waals surface area contributed by atoms with E-state index >= 15 is 0 Å². The van der Waals surface area contributed by atoms with Crippen LogP contribution >= 0.6 is 27.3 Å². The molecule has 0 aliphatic carbocycles. The summed E-state index contributed by atoms with van der Waals surface area (Å²) in [5, 5.41) is 18.3. The zero-order chi connectivity index (χ0) is 12.3. The van der Waals surface area contributed by atoms with E-state index in [9.17, 15) is 4.79 Å². The SMILES string of the molecule is O=C(O)CCCc1nnc(-c2sccc2Br)o1. The van der Waals surface area contributed by atoms with Gasteiger partial charge in [0.1, 0.15) is 4.88 Å². The fourth-order valence-electron chi connectivity index (χ4n) is 1.28. The molecule has 0 saturated heterocycles. The van der Waals surface area contributed by atoms with E-state index in [0.29, 0.717) is 24.6 Å². The molecule has 5 nitrogen and oxygen atoms in total. The highest BCUT2D eigenvalue weighted by Crippen LogP contribution is 2.32. The van der Waals surface area contributed by atoms with E-state index in [4.69, 9.17) is 9.52 Å². The predicted octanol–water partition coefficient (Wildman–Crippen LogP) is 2.97. The highest BCUT2D eigenvalue weighted by molar-refractivity contribution is 9.10. The highest BCUT2D eigenvalue weighted by Gasteiger charge is 2.12. The van der Waals surface area contributed by atoms with Crippen LogP contribution in [0.25, 0.3) is 10.8 Å². The Morgan fingerprint density at radius 3 is 3.00 bits per heavy atom. The number of rotatable bonds is 5. The van der Waals surface area contributed by atoms with Gasteiger partial charge in [-0.2, -0.15) is 0 Å². The van der Waals surface area contributed by atoms with Crippen molar-refractivity contribution in [1.82, 2.24) is 10.2 Å². The van der Waals surface area contributed by atoms with Crippen LogP contribution in [0.4, 0.5) is 0 Å². The van der Waals surface area contributed by atoms with Crippen molar-refractivity contribution in [2.45, 2.75) is 19.3 Å². The zero-order valence-corrected chi connectivity index (χ0v) is 11.1. The maximum absolute atomic E-state index is 10.4. The largest absolute Gasteiger partial charge is 0.481 e. The molecule has 0 fully saturated rings. The molecule has 17 heavy (non-hydrogen) atoms. The Kier molecular flexibility index (Phi) is 3.90. The van der Waals surface area contributed by atoms with Gasteiger partial charge in [-0.1, -0.05) is 0 Å². The number of thiophene rings is 1. The summed E-state index contributed by atoms with van der Waals surface area (Å²) in [7, 11) is 0. The monoisotopic (exact) mass is 316 g/mol. The van der Waals surface area contributed by atoms with Crippen molar-refractivity contribution in [3.8, 4) is 10.8 Å². The second kappa shape index (κ2) is 5.42. The van der Waals surface area contributed by atoms with Gasteiger partial charge in [-0.25, -0.2) is 0 Å². The van der Waals surface area contributed by atoms with Crippen molar-refractivity contribution >= 4 is 33.2 Å². The van der Waals surface area contributed by atoms with E-state index in [0.717, 1.165) is 9.35 Å². The van der Waals surface area contributed by atoms with Crippen LogP contribution in [-0.4, -0.2) is 21.3 Å². The lowest BCUT2D eigenvalue weighted by molar-refractivity contribution is -0.137. The molecule has 2 rings (SSSR count). The van der Waals surface area contributed by atoms with Gasteiger partial charge in [0.15, 0.2) is 0 Å². The van der Waals surface area contributed by atoms with Gasteiger partial charge >= 0.3 is 5.97 Å². The van der Waals surface area contributed by atoms with E-state index in [-0.39, 0.29) is 6.42 Å². The molecule has 2 aromatic heterocycles. The van der Waals surface area contributed by atoms with Gasteiger partial charge in [0.2, 0.25) is 5.89 Å². The van der Waals surface area contributed by atoms with E-state index < -0.39 is 5.97 Å². The van der Waals surface area contributed by atoms with E-state index in [1.54, 1.807) is 0 Å². The fraction of sp³-hybridized carbons (Fsp3) is 0.300. The van der Waals surface area contributed by atoms with Crippen LogP contribution in [-0.2, 0) is 11.2 Å². The normalized spacial score (nSPS) is 10.6. The maximum atomic E-state index is 10.4. The van der Waals surface area contributed by atoms with Gasteiger partial charge in [0.05, 0.1) is 0 Å². The average Bonchev–Trinajstić information content (AvgIpc) is 2.86. The number of carboxylic acid groups (broad SMARTS) is 1. The van der Waals surface area contributed by atoms with Crippen LogP contribution in [0.5, 0.6) is 0 Å². The van der Waals surface area contributed by atoms with Crippen molar-refractivity contribution in [2.75, 3.05) is 0 Å². The summed E-state index contributed by atoms with van der Waals surface area (Å²) in [5.74, 6) is 0.129. The minimum absolute atomic E-state index is 0.112. The number of carbonyl (C=O) groups is 1. The smallest absolute Gasteiger partial charge is 0.303 e. The van der Waals surface area contributed by atoms with E-state index in [1.807, 2.05) is 11.4 Å². The number of hydrogen-bond donors (Lipinski definition) is 1. The molecule has 0 aliphatic heterocycles. The number of halogens is 1. The van der Waals surface area contributed by atoms with Gasteiger partial charge < -0.3 is 9.52 Å². The first-order valence-electron chi connectivity index (χ1n) is 4.94. The van der Waals surface area contributed by atoms with Crippen molar-refractivity contribution in [1.29, 1.82) is 0 Å². The summed E-state index contributed by atoms with van der Waals surface area (Å²) in [4.78, 5) is 11.2. The Balaban J connectivity index is 2.01. The summed E-state index contributed by atoms with van der Waals surface area (Å²) < 4.78 is 6.38. The molecule has 0 aromatic carbocycles. The van der Waals surface area contributed by atoms with Crippen LogP contribution in [0, 0.1) is 0 Å².